The molecule has 0 fully saturated rings. The second-order valence-electron chi connectivity index (χ2n) is 6.06. The molecule has 0 aliphatic rings. The Labute approximate surface area is 165 Å². The second kappa shape index (κ2) is 8.85. The van der Waals surface area contributed by atoms with E-state index in [1.165, 1.54) is 6.07 Å². The van der Waals surface area contributed by atoms with Gasteiger partial charge in [0.1, 0.15) is 5.75 Å². The quantitative estimate of drug-likeness (QED) is 0.548. The number of anilines is 1. The molecule has 0 bridgehead atoms. The SMILES string of the molecule is Cc1cc(OCCCC(=O)Nc2ccc(Cl)c(C(F)(F)F)c2)cc(C)c1Cl. The Kier molecular flexibility index (Phi) is 7.00. The number of hydrogen-bond acceptors (Lipinski definition) is 2. The molecule has 2 rings (SSSR count). The summed E-state index contributed by atoms with van der Waals surface area (Å²) in [6.45, 7) is 4.04. The Balaban J connectivity index is 1.85. The molecule has 2 aromatic carbocycles. The van der Waals surface area contributed by atoms with Crippen molar-refractivity contribution in [3.05, 3.63) is 57.1 Å². The van der Waals surface area contributed by atoms with Gasteiger partial charge in [-0.3, -0.25) is 4.79 Å². The van der Waals surface area contributed by atoms with E-state index in [1.54, 1.807) is 0 Å². The number of alkyl halides is 3. The molecule has 0 radical (unpaired) electrons. The number of benzene rings is 2. The van der Waals surface area contributed by atoms with Crippen LogP contribution >= 0.6 is 23.2 Å². The summed E-state index contributed by atoms with van der Waals surface area (Å²) in [6, 6.07) is 6.86. The Morgan fingerprint density at radius 1 is 1.11 bits per heavy atom. The first-order chi connectivity index (χ1) is 12.6. The van der Waals surface area contributed by atoms with Crippen molar-refractivity contribution < 1.29 is 22.7 Å². The zero-order chi connectivity index (χ0) is 20.2. The standard InChI is InChI=1S/C19H18Cl2F3NO2/c1-11-8-14(9-12(2)18(11)21)27-7-3-4-17(26)25-13-5-6-16(20)15(10-13)19(22,23)24/h5-6,8-10H,3-4,7H2,1-2H3,(H,25,26). The first kappa shape index (κ1) is 21.4. The van der Waals surface area contributed by atoms with Gasteiger partial charge in [-0.1, -0.05) is 23.2 Å². The Hall–Kier alpha value is -1.92. The molecule has 1 amide bonds. The highest BCUT2D eigenvalue weighted by atomic mass is 35.5. The molecule has 0 aromatic heterocycles. The van der Waals surface area contributed by atoms with Gasteiger partial charge in [0.15, 0.2) is 0 Å². The van der Waals surface area contributed by atoms with E-state index >= 15 is 0 Å². The van der Waals surface area contributed by atoms with Crippen molar-refractivity contribution in [2.45, 2.75) is 32.9 Å². The van der Waals surface area contributed by atoms with Gasteiger partial charge in [-0.25, -0.2) is 0 Å². The number of rotatable bonds is 6. The molecular weight excluding hydrogens is 402 g/mol. The van der Waals surface area contributed by atoms with Gasteiger partial charge in [0, 0.05) is 17.1 Å². The summed E-state index contributed by atoms with van der Waals surface area (Å²) in [6.07, 6.45) is -4.07. The van der Waals surface area contributed by atoms with E-state index < -0.39 is 22.7 Å². The van der Waals surface area contributed by atoms with Crippen LogP contribution in [0.3, 0.4) is 0 Å². The van der Waals surface area contributed by atoms with Crippen molar-refractivity contribution in [3.63, 3.8) is 0 Å². The van der Waals surface area contributed by atoms with Crippen molar-refractivity contribution in [1.29, 1.82) is 0 Å². The van der Waals surface area contributed by atoms with E-state index in [4.69, 9.17) is 27.9 Å². The van der Waals surface area contributed by atoms with Gasteiger partial charge in [0.2, 0.25) is 5.91 Å². The molecule has 1 N–H and O–H groups in total. The number of hydrogen-bond donors (Lipinski definition) is 1. The zero-order valence-electron chi connectivity index (χ0n) is 14.7. The molecule has 0 saturated carbocycles. The maximum atomic E-state index is 12.8. The number of aryl methyl sites for hydroxylation is 2. The molecule has 0 aliphatic heterocycles. The van der Waals surface area contributed by atoms with E-state index in [0.717, 1.165) is 23.3 Å². The molecule has 146 valence electrons. The minimum atomic E-state index is -4.58. The first-order valence-electron chi connectivity index (χ1n) is 8.14. The number of ether oxygens (including phenoxy) is 1. The summed E-state index contributed by atoms with van der Waals surface area (Å²) in [4.78, 5) is 11.9. The maximum Gasteiger partial charge on any atom is 0.417 e. The highest BCUT2D eigenvalue weighted by Crippen LogP contribution is 2.36. The molecule has 0 heterocycles. The minimum absolute atomic E-state index is 0.0431. The lowest BCUT2D eigenvalue weighted by atomic mass is 10.1. The number of amides is 1. The van der Waals surface area contributed by atoms with Crippen molar-refractivity contribution in [2.24, 2.45) is 0 Å². The highest BCUT2D eigenvalue weighted by Gasteiger charge is 2.33. The van der Waals surface area contributed by atoms with Crippen LogP contribution in [0.25, 0.3) is 0 Å². The fraction of sp³-hybridized carbons (Fsp3) is 0.316. The third kappa shape index (κ3) is 6.04. The van der Waals surface area contributed by atoms with Crippen molar-refractivity contribution in [1.82, 2.24) is 0 Å². The van der Waals surface area contributed by atoms with Crippen LogP contribution in [0.5, 0.6) is 5.75 Å². The molecule has 3 nitrogen and oxygen atoms in total. The van der Waals surface area contributed by atoms with Crippen LogP contribution < -0.4 is 10.1 Å². The van der Waals surface area contributed by atoms with Gasteiger partial charge in [-0.05, 0) is 61.7 Å². The molecule has 0 spiro atoms. The van der Waals surface area contributed by atoms with Gasteiger partial charge >= 0.3 is 6.18 Å². The van der Waals surface area contributed by atoms with Crippen molar-refractivity contribution in [3.8, 4) is 5.75 Å². The van der Waals surface area contributed by atoms with Crippen molar-refractivity contribution in [2.75, 3.05) is 11.9 Å². The second-order valence-corrected chi connectivity index (χ2v) is 6.85. The topological polar surface area (TPSA) is 38.3 Å². The van der Waals surface area contributed by atoms with Crippen LogP contribution in [-0.2, 0) is 11.0 Å². The van der Waals surface area contributed by atoms with Crippen molar-refractivity contribution >= 4 is 34.8 Å². The molecule has 8 heteroatoms. The van der Waals surface area contributed by atoms with E-state index in [9.17, 15) is 18.0 Å². The Morgan fingerprint density at radius 3 is 2.33 bits per heavy atom. The van der Waals surface area contributed by atoms with E-state index in [1.807, 2.05) is 26.0 Å². The third-order valence-electron chi connectivity index (χ3n) is 3.78. The number of nitrogens with one attached hydrogen (secondary N) is 1. The molecule has 0 unspecified atom stereocenters. The summed E-state index contributed by atoms with van der Waals surface area (Å²) in [5.74, 6) is 0.250. The minimum Gasteiger partial charge on any atom is -0.494 e. The predicted octanol–water partition coefficient (Wildman–Crippen LogP) is 6.43. The van der Waals surface area contributed by atoms with Crippen LogP contribution in [0.4, 0.5) is 18.9 Å². The Morgan fingerprint density at radius 2 is 1.74 bits per heavy atom. The highest BCUT2D eigenvalue weighted by molar-refractivity contribution is 6.32. The molecular formula is C19H18Cl2F3NO2. The summed E-state index contributed by atoms with van der Waals surface area (Å²) >= 11 is 11.6. The predicted molar refractivity (Wildman–Crippen MR) is 101 cm³/mol. The van der Waals surface area contributed by atoms with E-state index in [2.05, 4.69) is 5.32 Å². The van der Waals surface area contributed by atoms with Gasteiger partial charge in [0.05, 0.1) is 17.2 Å². The van der Waals surface area contributed by atoms with Gasteiger partial charge in [-0.2, -0.15) is 13.2 Å². The molecule has 27 heavy (non-hydrogen) atoms. The molecule has 0 aliphatic carbocycles. The van der Waals surface area contributed by atoms with Gasteiger partial charge < -0.3 is 10.1 Å². The average molecular weight is 420 g/mol. The van der Waals surface area contributed by atoms with E-state index in [0.29, 0.717) is 23.8 Å². The number of halogens is 5. The summed E-state index contributed by atoms with van der Waals surface area (Å²) in [7, 11) is 0. The van der Waals surface area contributed by atoms with Crippen LogP contribution in [-0.4, -0.2) is 12.5 Å². The normalized spacial score (nSPS) is 11.4. The monoisotopic (exact) mass is 419 g/mol. The lowest BCUT2D eigenvalue weighted by molar-refractivity contribution is -0.137. The summed E-state index contributed by atoms with van der Waals surface area (Å²) in [5, 5.41) is 2.70. The summed E-state index contributed by atoms with van der Waals surface area (Å²) < 4.78 is 44.1. The fourth-order valence-corrected chi connectivity index (χ4v) is 2.79. The third-order valence-corrected chi connectivity index (χ3v) is 4.71. The summed E-state index contributed by atoms with van der Waals surface area (Å²) in [5.41, 5.74) is 0.848. The lowest BCUT2D eigenvalue weighted by Crippen LogP contribution is -2.14. The van der Waals surface area contributed by atoms with E-state index in [-0.39, 0.29) is 12.1 Å². The molecule has 0 saturated heterocycles. The number of carbonyl (C=O) groups excluding carboxylic acids is 1. The lowest BCUT2D eigenvalue weighted by Gasteiger charge is -2.12. The molecule has 0 atom stereocenters. The van der Waals surface area contributed by atoms with Crippen LogP contribution in [0.1, 0.15) is 29.5 Å². The Bertz CT molecular complexity index is 815. The van der Waals surface area contributed by atoms with Gasteiger partial charge in [-0.15, -0.1) is 0 Å². The van der Waals surface area contributed by atoms with Crippen LogP contribution in [0.15, 0.2) is 30.3 Å². The smallest absolute Gasteiger partial charge is 0.417 e. The first-order valence-corrected chi connectivity index (χ1v) is 8.89. The number of carbonyl (C=O) groups is 1. The molecule has 2 aromatic rings. The largest absolute Gasteiger partial charge is 0.494 e. The average Bonchev–Trinajstić information content (AvgIpc) is 2.57. The van der Waals surface area contributed by atoms with Gasteiger partial charge in [0.25, 0.3) is 0 Å². The maximum absolute atomic E-state index is 12.8. The zero-order valence-corrected chi connectivity index (χ0v) is 16.2. The fourth-order valence-electron chi connectivity index (χ4n) is 2.46. The van der Waals surface area contributed by atoms with Crippen LogP contribution in [0.2, 0.25) is 10.0 Å². The van der Waals surface area contributed by atoms with Crippen LogP contribution in [0, 0.1) is 13.8 Å².